The zero-order valence-electron chi connectivity index (χ0n) is 19.4. The van der Waals surface area contributed by atoms with E-state index < -0.39 is 0 Å². The maximum Gasteiger partial charge on any atom is 0.309 e. The van der Waals surface area contributed by atoms with E-state index >= 15 is 0 Å². The van der Waals surface area contributed by atoms with Crippen molar-refractivity contribution in [2.75, 3.05) is 33.4 Å². The van der Waals surface area contributed by atoms with Gasteiger partial charge in [-0.25, -0.2) is 4.98 Å². The highest BCUT2D eigenvalue weighted by atomic mass is 32.1. The third-order valence-corrected chi connectivity index (χ3v) is 6.94. The van der Waals surface area contributed by atoms with E-state index in [0.29, 0.717) is 61.4 Å². The van der Waals surface area contributed by atoms with Gasteiger partial charge in [-0.3, -0.25) is 9.69 Å². The van der Waals surface area contributed by atoms with Gasteiger partial charge in [0.05, 0.1) is 37.2 Å². The van der Waals surface area contributed by atoms with Gasteiger partial charge in [0.1, 0.15) is 5.82 Å². The van der Waals surface area contributed by atoms with Gasteiger partial charge in [-0.2, -0.15) is 4.52 Å². The summed E-state index contributed by atoms with van der Waals surface area (Å²) in [4.78, 5) is 20.3. The SMILES string of the molecule is CCOC(=O)C1CCN([C@@H](c2ccc(OCC)c(OC)c2)c2sc3nc(C)nn3c2O)CC1. The second-order valence-corrected chi connectivity index (χ2v) is 8.96. The van der Waals surface area contributed by atoms with Crippen LogP contribution in [0.25, 0.3) is 4.96 Å². The molecule has 1 saturated heterocycles. The van der Waals surface area contributed by atoms with E-state index in [-0.39, 0.29) is 23.8 Å². The molecule has 178 valence electrons. The van der Waals surface area contributed by atoms with Crippen LogP contribution in [0.5, 0.6) is 17.4 Å². The zero-order valence-corrected chi connectivity index (χ0v) is 20.2. The van der Waals surface area contributed by atoms with Crippen LogP contribution >= 0.6 is 11.3 Å². The molecule has 33 heavy (non-hydrogen) atoms. The molecule has 0 unspecified atom stereocenters. The van der Waals surface area contributed by atoms with Gasteiger partial charge in [-0.1, -0.05) is 17.4 Å². The minimum Gasteiger partial charge on any atom is -0.493 e. The summed E-state index contributed by atoms with van der Waals surface area (Å²) < 4.78 is 18.0. The summed E-state index contributed by atoms with van der Waals surface area (Å²) in [5.74, 6) is 1.77. The Morgan fingerprint density at radius 2 is 2.00 bits per heavy atom. The van der Waals surface area contributed by atoms with Gasteiger partial charge >= 0.3 is 5.97 Å². The fraction of sp³-hybridized carbons (Fsp3) is 0.522. The molecule has 1 fully saturated rings. The molecular weight excluding hydrogens is 444 g/mol. The van der Waals surface area contributed by atoms with E-state index in [4.69, 9.17) is 14.2 Å². The fourth-order valence-electron chi connectivity index (χ4n) is 4.34. The summed E-state index contributed by atoms with van der Waals surface area (Å²) in [5.41, 5.74) is 0.960. The molecule has 9 nitrogen and oxygen atoms in total. The lowest BCUT2D eigenvalue weighted by Gasteiger charge is -2.36. The second-order valence-electron chi connectivity index (χ2n) is 7.95. The standard InChI is InChI=1S/C23H30N4O5S/c1-5-31-17-8-7-16(13-18(17)30-4)19(20-21(28)27-23(33-20)24-14(3)25-27)26-11-9-15(10-12-26)22(29)32-6-2/h7-8,13,15,19,28H,5-6,9-12H2,1-4H3/t19-/m0/s1. The van der Waals surface area contributed by atoms with Crippen molar-refractivity contribution in [3.63, 3.8) is 0 Å². The molecule has 1 N–H and O–H groups in total. The Morgan fingerprint density at radius 3 is 2.64 bits per heavy atom. The molecule has 4 rings (SSSR count). The number of rotatable bonds is 8. The highest BCUT2D eigenvalue weighted by molar-refractivity contribution is 7.17. The van der Waals surface area contributed by atoms with Gasteiger partial charge in [0, 0.05) is 0 Å². The minimum absolute atomic E-state index is 0.0842. The first-order valence-electron chi connectivity index (χ1n) is 11.2. The lowest BCUT2D eigenvalue weighted by molar-refractivity contribution is -0.149. The smallest absolute Gasteiger partial charge is 0.309 e. The van der Waals surface area contributed by atoms with Crippen molar-refractivity contribution in [2.45, 2.75) is 39.7 Å². The molecule has 0 radical (unpaired) electrons. The largest absolute Gasteiger partial charge is 0.493 e. The number of methoxy groups -OCH3 is 1. The number of aromatic nitrogens is 3. The molecule has 0 amide bonds. The molecule has 2 aromatic heterocycles. The summed E-state index contributed by atoms with van der Waals surface area (Å²) >= 11 is 1.42. The molecule has 0 bridgehead atoms. The minimum atomic E-state index is -0.244. The number of ether oxygens (including phenoxy) is 3. The number of nitrogens with zero attached hydrogens (tertiary/aromatic N) is 4. The number of hydrogen-bond acceptors (Lipinski definition) is 9. The second kappa shape index (κ2) is 9.96. The van der Waals surface area contributed by atoms with Gasteiger partial charge in [0.2, 0.25) is 10.8 Å². The molecule has 1 atom stereocenters. The van der Waals surface area contributed by atoms with Gasteiger partial charge in [0.15, 0.2) is 11.5 Å². The molecule has 1 aliphatic heterocycles. The number of carbonyl (C=O) groups is 1. The van der Waals surface area contributed by atoms with Crippen LogP contribution in [0.15, 0.2) is 18.2 Å². The highest BCUT2D eigenvalue weighted by Crippen LogP contribution is 2.43. The van der Waals surface area contributed by atoms with Crippen molar-refractivity contribution in [1.29, 1.82) is 0 Å². The molecule has 1 aliphatic rings. The Balaban J connectivity index is 1.71. The molecule has 3 aromatic rings. The first-order chi connectivity index (χ1) is 16.0. The van der Waals surface area contributed by atoms with Crippen LogP contribution in [0.1, 0.15) is 49.0 Å². The Labute approximate surface area is 196 Å². The van der Waals surface area contributed by atoms with E-state index in [0.717, 1.165) is 10.4 Å². The number of likely N-dealkylation sites (tertiary alicyclic amines) is 1. The summed E-state index contributed by atoms with van der Waals surface area (Å²) in [7, 11) is 1.62. The number of aromatic hydroxyl groups is 1. The van der Waals surface area contributed by atoms with E-state index in [9.17, 15) is 9.90 Å². The summed E-state index contributed by atoms with van der Waals surface area (Å²) in [5, 5.41) is 15.4. The quantitative estimate of drug-likeness (QED) is 0.495. The lowest BCUT2D eigenvalue weighted by atomic mass is 9.93. The van der Waals surface area contributed by atoms with Crippen molar-refractivity contribution >= 4 is 22.3 Å². The van der Waals surface area contributed by atoms with Gasteiger partial charge in [-0.15, -0.1) is 5.10 Å². The number of fused-ring (bicyclic) bond motifs is 1. The predicted molar refractivity (Wildman–Crippen MR) is 124 cm³/mol. The number of hydrogen-bond donors (Lipinski definition) is 1. The first kappa shape index (κ1) is 23.3. The van der Waals surface area contributed by atoms with Crippen molar-refractivity contribution in [1.82, 2.24) is 19.5 Å². The summed E-state index contributed by atoms with van der Waals surface area (Å²) in [6, 6.07) is 5.60. The van der Waals surface area contributed by atoms with Crippen LogP contribution < -0.4 is 9.47 Å². The van der Waals surface area contributed by atoms with Crippen molar-refractivity contribution in [2.24, 2.45) is 5.92 Å². The Bertz CT molecular complexity index is 1120. The third kappa shape index (κ3) is 4.63. The van der Waals surface area contributed by atoms with Crippen LogP contribution in [-0.4, -0.2) is 64.0 Å². The molecular formula is C23H30N4O5S. The van der Waals surface area contributed by atoms with Crippen molar-refractivity contribution in [3.05, 3.63) is 34.5 Å². The fourth-order valence-corrected chi connectivity index (χ4v) is 5.50. The highest BCUT2D eigenvalue weighted by Gasteiger charge is 2.34. The van der Waals surface area contributed by atoms with Gasteiger partial charge in [0.25, 0.3) is 0 Å². The van der Waals surface area contributed by atoms with Gasteiger partial charge in [-0.05, 0) is 64.4 Å². The van der Waals surface area contributed by atoms with E-state index in [1.54, 1.807) is 14.0 Å². The summed E-state index contributed by atoms with van der Waals surface area (Å²) in [6.07, 6.45) is 1.40. The zero-order chi connectivity index (χ0) is 23.5. The van der Waals surface area contributed by atoms with Crippen LogP contribution in [0.4, 0.5) is 0 Å². The normalized spacial score (nSPS) is 16.1. The number of benzene rings is 1. The topological polar surface area (TPSA) is 98.4 Å². The molecule has 0 saturated carbocycles. The van der Waals surface area contributed by atoms with Crippen LogP contribution in [0, 0.1) is 12.8 Å². The maximum absolute atomic E-state index is 12.2. The molecule has 1 aromatic carbocycles. The van der Waals surface area contributed by atoms with E-state index in [2.05, 4.69) is 15.0 Å². The maximum atomic E-state index is 12.2. The van der Waals surface area contributed by atoms with Gasteiger partial charge < -0.3 is 19.3 Å². The van der Waals surface area contributed by atoms with Crippen molar-refractivity contribution in [3.8, 4) is 17.4 Å². The summed E-state index contributed by atoms with van der Waals surface area (Å²) in [6.45, 7) is 7.86. The van der Waals surface area contributed by atoms with Crippen LogP contribution in [-0.2, 0) is 9.53 Å². The Hall–Kier alpha value is -2.85. The Kier molecular flexibility index (Phi) is 7.04. The van der Waals surface area contributed by atoms with E-state index in [1.807, 2.05) is 32.0 Å². The van der Waals surface area contributed by atoms with Crippen molar-refractivity contribution < 1.29 is 24.1 Å². The monoisotopic (exact) mass is 474 g/mol. The molecule has 0 aliphatic carbocycles. The van der Waals surface area contributed by atoms with E-state index in [1.165, 1.54) is 15.9 Å². The number of piperidine rings is 1. The third-order valence-electron chi connectivity index (χ3n) is 5.87. The number of carbonyl (C=O) groups excluding carboxylic acids is 1. The number of esters is 1. The predicted octanol–water partition coefficient (Wildman–Crippen LogP) is 3.58. The number of thiazole rings is 1. The molecule has 0 spiro atoms. The molecule has 3 heterocycles. The number of aryl methyl sites for hydroxylation is 1. The van der Waals surface area contributed by atoms with Crippen LogP contribution in [0.2, 0.25) is 0 Å². The Morgan fingerprint density at radius 1 is 1.24 bits per heavy atom. The first-order valence-corrected chi connectivity index (χ1v) is 12.0. The lowest BCUT2D eigenvalue weighted by Crippen LogP contribution is -2.39. The van der Waals surface area contributed by atoms with Crippen LogP contribution in [0.3, 0.4) is 0 Å². The average Bonchev–Trinajstić information content (AvgIpc) is 3.32. The average molecular weight is 475 g/mol. The molecule has 10 heteroatoms.